The summed E-state index contributed by atoms with van der Waals surface area (Å²) in [4.78, 5) is 5.30. The van der Waals surface area contributed by atoms with Gasteiger partial charge in [-0.15, -0.1) is 11.3 Å². The smallest absolute Gasteiger partial charge is 0.307 e. The van der Waals surface area contributed by atoms with E-state index in [1.165, 1.54) is 0 Å². The molecule has 6 heteroatoms. The van der Waals surface area contributed by atoms with Gasteiger partial charge in [-0.3, -0.25) is 0 Å². The van der Waals surface area contributed by atoms with Crippen LogP contribution in [-0.4, -0.2) is 17.2 Å². The van der Waals surface area contributed by atoms with Crippen molar-refractivity contribution in [1.82, 2.24) is 10.3 Å². The molecule has 1 fully saturated rings. The van der Waals surface area contributed by atoms with Gasteiger partial charge < -0.3 is 5.32 Å². The van der Waals surface area contributed by atoms with E-state index in [1.54, 1.807) is 16.8 Å². The van der Waals surface area contributed by atoms with Gasteiger partial charge in [0.15, 0.2) is 0 Å². The van der Waals surface area contributed by atoms with Crippen molar-refractivity contribution in [2.24, 2.45) is 5.92 Å². The van der Waals surface area contributed by atoms with Crippen molar-refractivity contribution in [1.29, 1.82) is 0 Å². The topological polar surface area (TPSA) is 24.9 Å². The van der Waals surface area contributed by atoms with Crippen LogP contribution in [0, 0.1) is 12.8 Å². The lowest BCUT2D eigenvalue weighted by atomic mass is 9.85. The minimum Gasteiger partial charge on any atom is -0.307 e. The van der Waals surface area contributed by atoms with Crippen molar-refractivity contribution >= 4 is 11.3 Å². The molecule has 0 radical (unpaired) electrons. The third kappa shape index (κ3) is 3.69. The van der Waals surface area contributed by atoms with Crippen LogP contribution < -0.4 is 5.32 Å². The number of hydrogen-bond acceptors (Lipinski definition) is 3. The van der Waals surface area contributed by atoms with Crippen LogP contribution in [0.25, 0.3) is 0 Å². The van der Waals surface area contributed by atoms with Crippen LogP contribution in [-0.2, 0) is 0 Å². The zero-order valence-corrected chi connectivity index (χ0v) is 11.9. The van der Waals surface area contributed by atoms with Crippen molar-refractivity contribution in [3.05, 3.63) is 16.1 Å². The summed E-state index contributed by atoms with van der Waals surface area (Å²) in [6, 6.07) is 0.0290. The number of thiazole rings is 1. The predicted octanol–water partition coefficient (Wildman–Crippen LogP) is 4.22. The molecule has 0 saturated heterocycles. The largest absolute Gasteiger partial charge is 0.391 e. The lowest BCUT2D eigenvalue weighted by Crippen LogP contribution is -2.39. The molecule has 1 aromatic heterocycles. The van der Waals surface area contributed by atoms with E-state index in [9.17, 15) is 13.2 Å². The molecule has 2 rings (SSSR count). The van der Waals surface area contributed by atoms with Gasteiger partial charge in [-0.05, 0) is 33.1 Å². The molecule has 0 spiro atoms. The Morgan fingerprint density at radius 3 is 2.74 bits per heavy atom. The Kier molecular flexibility index (Phi) is 4.50. The summed E-state index contributed by atoms with van der Waals surface area (Å²) in [6.07, 6.45) is -2.10. The second-order valence-corrected chi connectivity index (χ2v) is 6.18. The maximum absolute atomic E-state index is 12.8. The minimum atomic E-state index is -4.05. The van der Waals surface area contributed by atoms with Crippen LogP contribution in [0.4, 0.5) is 13.2 Å². The minimum absolute atomic E-state index is 0.0446. The Labute approximate surface area is 115 Å². The number of rotatable bonds is 3. The highest BCUT2D eigenvalue weighted by Gasteiger charge is 2.42. The van der Waals surface area contributed by atoms with Crippen molar-refractivity contribution < 1.29 is 13.2 Å². The maximum Gasteiger partial charge on any atom is 0.391 e. The number of hydrogen-bond donors (Lipinski definition) is 1. The van der Waals surface area contributed by atoms with Crippen LogP contribution in [0.1, 0.15) is 49.2 Å². The van der Waals surface area contributed by atoms with E-state index in [2.05, 4.69) is 10.3 Å². The van der Waals surface area contributed by atoms with Gasteiger partial charge in [0.2, 0.25) is 0 Å². The standard InChI is InChI=1S/C13H19F3N2S/c1-8-12(19-7-17-8)9(2)18-11-5-3-4-10(6-11)13(14,15)16/h7,9-11,18H,3-6H2,1-2H3. The SMILES string of the molecule is Cc1ncsc1C(C)NC1CCCC(C(F)(F)F)C1. The first-order chi connectivity index (χ1) is 8.88. The highest BCUT2D eigenvalue weighted by molar-refractivity contribution is 7.09. The molecule has 0 amide bonds. The van der Waals surface area contributed by atoms with Gasteiger partial charge in [0.1, 0.15) is 0 Å². The van der Waals surface area contributed by atoms with Gasteiger partial charge in [-0.2, -0.15) is 13.2 Å². The highest BCUT2D eigenvalue weighted by Crippen LogP contribution is 2.38. The Bertz CT molecular complexity index is 416. The van der Waals surface area contributed by atoms with Crippen molar-refractivity contribution in [2.45, 2.75) is 57.8 Å². The van der Waals surface area contributed by atoms with Crippen LogP contribution in [0.15, 0.2) is 5.51 Å². The van der Waals surface area contributed by atoms with Crippen LogP contribution in [0.5, 0.6) is 0 Å². The van der Waals surface area contributed by atoms with Crippen molar-refractivity contribution in [3.8, 4) is 0 Å². The Hall–Kier alpha value is -0.620. The molecule has 19 heavy (non-hydrogen) atoms. The summed E-state index contributed by atoms with van der Waals surface area (Å²) < 4.78 is 38.3. The molecule has 0 aliphatic heterocycles. The van der Waals surface area contributed by atoms with E-state index in [0.29, 0.717) is 6.42 Å². The number of alkyl halides is 3. The number of aromatic nitrogens is 1. The first-order valence-corrected chi connectivity index (χ1v) is 7.48. The maximum atomic E-state index is 12.8. The van der Waals surface area contributed by atoms with Crippen molar-refractivity contribution in [3.63, 3.8) is 0 Å². The summed E-state index contributed by atoms with van der Waals surface area (Å²) in [7, 11) is 0. The summed E-state index contributed by atoms with van der Waals surface area (Å²) in [5, 5.41) is 3.33. The lowest BCUT2D eigenvalue weighted by molar-refractivity contribution is -0.183. The number of halogens is 3. The second-order valence-electron chi connectivity index (χ2n) is 5.29. The average Bonchev–Trinajstić information content (AvgIpc) is 2.75. The predicted molar refractivity (Wildman–Crippen MR) is 70.2 cm³/mol. The molecule has 1 N–H and O–H groups in total. The molecule has 3 unspecified atom stereocenters. The Morgan fingerprint density at radius 2 is 2.16 bits per heavy atom. The fraction of sp³-hybridized carbons (Fsp3) is 0.769. The zero-order chi connectivity index (χ0) is 14.0. The summed E-state index contributed by atoms with van der Waals surface area (Å²) in [6.45, 7) is 3.93. The quantitative estimate of drug-likeness (QED) is 0.902. The number of nitrogens with zero attached hydrogens (tertiary/aromatic N) is 1. The summed E-state index contributed by atoms with van der Waals surface area (Å²) in [5.41, 5.74) is 2.75. The van der Waals surface area contributed by atoms with Gasteiger partial charge in [0.05, 0.1) is 17.1 Å². The molecule has 1 heterocycles. The molecule has 108 valence electrons. The Balaban J connectivity index is 1.94. The molecule has 1 aromatic rings. The van der Waals surface area contributed by atoms with E-state index < -0.39 is 12.1 Å². The lowest BCUT2D eigenvalue weighted by Gasteiger charge is -2.32. The van der Waals surface area contributed by atoms with Crippen molar-refractivity contribution in [2.75, 3.05) is 0 Å². The average molecular weight is 292 g/mol. The number of aryl methyl sites for hydroxylation is 1. The number of nitrogens with one attached hydrogen (secondary N) is 1. The van der Waals surface area contributed by atoms with E-state index in [1.807, 2.05) is 13.8 Å². The Morgan fingerprint density at radius 1 is 1.42 bits per heavy atom. The summed E-state index contributed by atoms with van der Waals surface area (Å²) >= 11 is 1.56. The van der Waals surface area contributed by atoms with Gasteiger partial charge in [0.25, 0.3) is 0 Å². The first-order valence-electron chi connectivity index (χ1n) is 6.60. The van der Waals surface area contributed by atoms with Gasteiger partial charge in [0, 0.05) is 17.0 Å². The van der Waals surface area contributed by atoms with Crippen LogP contribution in [0.2, 0.25) is 0 Å². The van der Waals surface area contributed by atoms with Crippen LogP contribution >= 0.6 is 11.3 Å². The molecular formula is C13H19F3N2S. The second kappa shape index (κ2) is 5.79. The molecule has 2 nitrogen and oxygen atoms in total. The molecular weight excluding hydrogens is 273 g/mol. The summed E-state index contributed by atoms with van der Waals surface area (Å²) in [5.74, 6) is -1.14. The highest BCUT2D eigenvalue weighted by atomic mass is 32.1. The molecule has 1 aliphatic carbocycles. The van der Waals surface area contributed by atoms with E-state index in [-0.39, 0.29) is 24.9 Å². The fourth-order valence-corrected chi connectivity index (χ4v) is 3.61. The molecule has 0 bridgehead atoms. The van der Waals surface area contributed by atoms with Gasteiger partial charge in [-0.1, -0.05) is 6.42 Å². The fourth-order valence-electron chi connectivity index (χ4n) is 2.79. The normalized spacial score (nSPS) is 26.4. The monoisotopic (exact) mass is 292 g/mol. The van der Waals surface area contributed by atoms with E-state index in [4.69, 9.17) is 0 Å². The van der Waals surface area contributed by atoms with E-state index in [0.717, 1.165) is 17.0 Å². The van der Waals surface area contributed by atoms with Crippen LogP contribution in [0.3, 0.4) is 0 Å². The van der Waals surface area contributed by atoms with E-state index >= 15 is 0 Å². The van der Waals surface area contributed by atoms with Gasteiger partial charge in [-0.25, -0.2) is 4.98 Å². The third-order valence-electron chi connectivity index (χ3n) is 3.80. The first kappa shape index (κ1) is 14.8. The molecule has 1 saturated carbocycles. The molecule has 3 atom stereocenters. The molecule has 0 aromatic carbocycles. The molecule has 1 aliphatic rings. The van der Waals surface area contributed by atoms with Gasteiger partial charge >= 0.3 is 6.18 Å². The zero-order valence-electron chi connectivity index (χ0n) is 11.1. The third-order valence-corrected chi connectivity index (χ3v) is 4.91.